The van der Waals surface area contributed by atoms with E-state index in [4.69, 9.17) is 13.8 Å². The smallest absolute Gasteiger partial charge is 0.460 e. The van der Waals surface area contributed by atoms with Crippen LogP contribution in [-0.2, 0) is 20.7 Å². The van der Waals surface area contributed by atoms with E-state index in [-0.39, 0.29) is 18.1 Å². The highest BCUT2D eigenvalue weighted by molar-refractivity contribution is 14.1. The first-order valence-electron chi connectivity index (χ1n) is 11.1. The number of nitro groups is 1. The Morgan fingerprint density at radius 1 is 0.973 bits per heavy atom. The third-order valence-electron chi connectivity index (χ3n) is 5.23. The summed E-state index contributed by atoms with van der Waals surface area (Å²) in [6.07, 6.45) is 0. The van der Waals surface area contributed by atoms with Crippen molar-refractivity contribution in [1.29, 1.82) is 0 Å². The molecule has 9 nitrogen and oxygen atoms in total. The van der Waals surface area contributed by atoms with Crippen molar-refractivity contribution in [2.24, 2.45) is 0 Å². The van der Waals surface area contributed by atoms with E-state index in [9.17, 15) is 19.5 Å². The second-order valence-corrected chi connectivity index (χ2v) is 10.8. The summed E-state index contributed by atoms with van der Waals surface area (Å²) >= 11 is 1.93. The molecule has 0 aliphatic carbocycles. The van der Waals surface area contributed by atoms with Gasteiger partial charge in [0.15, 0.2) is 0 Å². The zero-order valence-electron chi connectivity index (χ0n) is 19.6. The van der Waals surface area contributed by atoms with Gasteiger partial charge in [0.05, 0.1) is 4.92 Å². The van der Waals surface area contributed by atoms with Crippen LogP contribution < -0.4 is 14.1 Å². The van der Waals surface area contributed by atoms with Gasteiger partial charge in [0.2, 0.25) is 5.75 Å². The van der Waals surface area contributed by atoms with Gasteiger partial charge in [-0.15, -0.1) is 0 Å². The largest absolute Gasteiger partial charge is 0.513 e. The van der Waals surface area contributed by atoms with Crippen molar-refractivity contribution in [3.8, 4) is 11.5 Å². The number of halogens is 1. The van der Waals surface area contributed by atoms with Crippen LogP contribution in [0.15, 0.2) is 91.0 Å². The molecule has 1 unspecified atom stereocenters. The SMILES string of the molecule is C[C@H](NP(=O)(Oc1ccc(I)cc1[N+](=O)[O-])Oc1cccc2ccccc12)C(=O)OCc1ccccc1. The highest BCUT2D eigenvalue weighted by Crippen LogP contribution is 2.49. The van der Waals surface area contributed by atoms with Crippen LogP contribution in [0.2, 0.25) is 0 Å². The van der Waals surface area contributed by atoms with Gasteiger partial charge in [-0.1, -0.05) is 66.7 Å². The van der Waals surface area contributed by atoms with E-state index in [1.165, 1.54) is 19.1 Å². The predicted molar refractivity (Wildman–Crippen MR) is 147 cm³/mol. The quantitative estimate of drug-likeness (QED) is 0.0680. The second kappa shape index (κ2) is 11.7. The number of benzene rings is 4. The van der Waals surface area contributed by atoms with E-state index in [1.54, 1.807) is 42.5 Å². The molecule has 0 aliphatic rings. The molecule has 2 atom stereocenters. The van der Waals surface area contributed by atoms with Crippen LogP contribution in [0.25, 0.3) is 10.8 Å². The van der Waals surface area contributed by atoms with E-state index in [0.717, 1.165) is 10.9 Å². The highest BCUT2D eigenvalue weighted by atomic mass is 127. The Balaban J connectivity index is 1.63. The number of nitrogens with zero attached hydrogens (tertiary/aromatic N) is 1. The molecule has 0 bridgehead atoms. The van der Waals surface area contributed by atoms with Crippen molar-refractivity contribution in [3.63, 3.8) is 0 Å². The molecule has 190 valence electrons. The monoisotopic (exact) mass is 632 g/mol. The van der Waals surface area contributed by atoms with Gasteiger partial charge in [-0.05, 0) is 58.7 Å². The lowest BCUT2D eigenvalue weighted by Crippen LogP contribution is -2.35. The molecule has 0 saturated heterocycles. The van der Waals surface area contributed by atoms with E-state index < -0.39 is 30.4 Å². The summed E-state index contributed by atoms with van der Waals surface area (Å²) in [7, 11) is -4.41. The minimum absolute atomic E-state index is 0.0175. The van der Waals surface area contributed by atoms with Crippen molar-refractivity contribution in [2.75, 3.05) is 0 Å². The first-order chi connectivity index (χ1) is 17.7. The van der Waals surface area contributed by atoms with Gasteiger partial charge in [-0.3, -0.25) is 14.9 Å². The molecule has 0 spiro atoms. The topological polar surface area (TPSA) is 117 Å². The van der Waals surface area contributed by atoms with Crippen LogP contribution in [0.3, 0.4) is 0 Å². The average Bonchev–Trinajstić information content (AvgIpc) is 2.89. The molecule has 4 rings (SSSR count). The summed E-state index contributed by atoms with van der Waals surface area (Å²) in [5, 5.41) is 15.7. The van der Waals surface area contributed by atoms with Gasteiger partial charge in [0.1, 0.15) is 18.4 Å². The number of carbonyl (C=O) groups is 1. The van der Waals surface area contributed by atoms with Gasteiger partial charge >= 0.3 is 19.4 Å². The van der Waals surface area contributed by atoms with Crippen molar-refractivity contribution < 1.29 is 28.1 Å². The Morgan fingerprint density at radius 2 is 1.65 bits per heavy atom. The molecule has 11 heteroatoms. The first kappa shape index (κ1) is 26.6. The zero-order chi connectivity index (χ0) is 26.4. The average molecular weight is 632 g/mol. The van der Waals surface area contributed by atoms with Crippen LogP contribution in [0.1, 0.15) is 12.5 Å². The molecule has 0 radical (unpaired) electrons. The molecular weight excluding hydrogens is 610 g/mol. The standard InChI is InChI=1S/C26H22IN2O7P/c1-18(26(30)34-17-19-8-3-2-4-9-19)28-37(33,36-25-15-14-21(27)16-23(25)29(31)32)35-24-13-7-11-20-10-5-6-12-22(20)24/h2-16,18H,17H2,1H3,(H,28,33)/t18-,37?/m0/s1. The molecule has 0 heterocycles. The lowest BCUT2D eigenvalue weighted by Gasteiger charge is -2.23. The first-order valence-corrected chi connectivity index (χ1v) is 13.8. The van der Waals surface area contributed by atoms with Crippen molar-refractivity contribution in [1.82, 2.24) is 5.09 Å². The number of fused-ring (bicyclic) bond motifs is 1. The lowest BCUT2D eigenvalue weighted by molar-refractivity contribution is -0.385. The molecule has 37 heavy (non-hydrogen) atoms. The third kappa shape index (κ3) is 6.85. The zero-order valence-corrected chi connectivity index (χ0v) is 22.6. The van der Waals surface area contributed by atoms with Crippen LogP contribution in [-0.4, -0.2) is 16.9 Å². The van der Waals surface area contributed by atoms with Crippen LogP contribution in [0.4, 0.5) is 5.69 Å². The summed E-state index contributed by atoms with van der Waals surface area (Å²) in [6.45, 7) is 1.46. The van der Waals surface area contributed by atoms with Crippen LogP contribution >= 0.6 is 30.3 Å². The van der Waals surface area contributed by atoms with Gasteiger partial charge < -0.3 is 13.8 Å². The minimum Gasteiger partial charge on any atom is -0.460 e. The third-order valence-corrected chi connectivity index (χ3v) is 7.48. The number of nitrogens with one attached hydrogen (secondary N) is 1. The maximum absolute atomic E-state index is 14.1. The summed E-state index contributed by atoms with van der Waals surface area (Å²) in [5.41, 5.74) is 0.388. The van der Waals surface area contributed by atoms with Crippen LogP contribution in [0.5, 0.6) is 11.5 Å². The van der Waals surface area contributed by atoms with Gasteiger partial charge in [0.25, 0.3) is 0 Å². The Bertz CT molecular complexity index is 1480. The van der Waals surface area contributed by atoms with Crippen molar-refractivity contribution >= 4 is 52.8 Å². The summed E-state index contributed by atoms with van der Waals surface area (Å²) in [5.74, 6) is -0.760. The number of hydrogen-bond acceptors (Lipinski definition) is 7. The number of ether oxygens (including phenoxy) is 1. The van der Waals surface area contributed by atoms with Crippen LogP contribution in [0, 0.1) is 13.7 Å². The fraction of sp³-hybridized carbons (Fsp3) is 0.115. The molecule has 0 fully saturated rings. The van der Waals surface area contributed by atoms with E-state index in [0.29, 0.717) is 8.96 Å². The Kier molecular flexibility index (Phi) is 8.42. The number of esters is 1. The van der Waals surface area contributed by atoms with Crippen molar-refractivity contribution in [2.45, 2.75) is 19.6 Å². The maximum Gasteiger partial charge on any atom is 0.513 e. The molecule has 0 aromatic heterocycles. The number of hydrogen-bond donors (Lipinski definition) is 1. The van der Waals surface area contributed by atoms with Gasteiger partial charge in [-0.25, -0.2) is 4.57 Å². The molecule has 0 saturated carbocycles. The minimum atomic E-state index is -4.41. The van der Waals surface area contributed by atoms with Gasteiger partial charge in [-0.2, -0.15) is 5.09 Å². The second-order valence-electron chi connectivity index (χ2n) is 7.97. The number of rotatable bonds is 10. The Labute approximate surface area is 226 Å². The lowest BCUT2D eigenvalue weighted by atomic mass is 10.1. The summed E-state index contributed by atoms with van der Waals surface area (Å²) < 4.78 is 31.5. The summed E-state index contributed by atoms with van der Waals surface area (Å²) in [6, 6.07) is 24.6. The fourth-order valence-corrected chi connectivity index (χ4v) is 5.49. The molecule has 0 amide bonds. The molecular formula is C26H22IN2O7P. The Hall–Kier alpha value is -3.47. The fourth-order valence-electron chi connectivity index (χ4n) is 3.46. The van der Waals surface area contributed by atoms with E-state index in [1.807, 2.05) is 59.0 Å². The maximum atomic E-state index is 14.1. The van der Waals surface area contributed by atoms with E-state index >= 15 is 0 Å². The molecule has 4 aromatic rings. The van der Waals surface area contributed by atoms with Gasteiger partial charge in [0, 0.05) is 15.0 Å². The Morgan fingerprint density at radius 3 is 2.41 bits per heavy atom. The highest BCUT2D eigenvalue weighted by Gasteiger charge is 2.36. The number of nitro benzene ring substituents is 1. The summed E-state index contributed by atoms with van der Waals surface area (Å²) in [4.78, 5) is 23.7. The normalized spacial score (nSPS) is 13.4. The number of carbonyl (C=O) groups excluding carboxylic acids is 1. The molecule has 1 N–H and O–H groups in total. The molecule has 0 aliphatic heterocycles. The predicted octanol–water partition coefficient (Wildman–Crippen LogP) is 6.64. The molecule has 4 aromatic carbocycles. The van der Waals surface area contributed by atoms with E-state index in [2.05, 4.69) is 5.09 Å². The van der Waals surface area contributed by atoms with Crippen molar-refractivity contribution in [3.05, 3.63) is 110 Å².